The van der Waals surface area contributed by atoms with Crippen molar-refractivity contribution in [3.05, 3.63) is 136 Å². The first-order chi connectivity index (χ1) is 19.1. The Morgan fingerprint density at radius 2 is 1.56 bits per heavy atom. The van der Waals surface area contributed by atoms with Crippen molar-refractivity contribution in [2.24, 2.45) is 0 Å². The summed E-state index contributed by atoms with van der Waals surface area (Å²) < 4.78 is 7.49. The third-order valence-corrected chi connectivity index (χ3v) is 8.01. The number of rotatable bonds is 4. The van der Waals surface area contributed by atoms with E-state index in [1.165, 1.54) is 23.4 Å². The Labute approximate surface area is 226 Å². The van der Waals surface area contributed by atoms with Gasteiger partial charge in [0.25, 0.3) is 0 Å². The quantitative estimate of drug-likeness (QED) is 0.277. The van der Waals surface area contributed by atoms with E-state index in [2.05, 4.69) is 70.7 Å². The van der Waals surface area contributed by atoms with Crippen LogP contribution in [0.5, 0.6) is 0 Å². The summed E-state index contributed by atoms with van der Waals surface area (Å²) in [5.74, 6) is -1.06. The van der Waals surface area contributed by atoms with Gasteiger partial charge in [0, 0.05) is 46.0 Å². The molecule has 0 bridgehead atoms. The molecule has 0 saturated heterocycles. The molecule has 5 heteroatoms. The highest BCUT2D eigenvalue weighted by molar-refractivity contribution is 6.23. The summed E-state index contributed by atoms with van der Waals surface area (Å²) in [6.45, 7) is 2.53. The molecule has 0 saturated carbocycles. The second kappa shape index (κ2) is 8.84. The molecule has 1 aromatic heterocycles. The molecule has 0 fully saturated rings. The molecule has 39 heavy (non-hydrogen) atoms. The number of fused-ring (bicyclic) bond motifs is 4. The van der Waals surface area contributed by atoms with Crippen molar-refractivity contribution in [2.75, 3.05) is 7.11 Å². The number of ketones is 1. The topological polar surface area (TPSA) is 60.3 Å². The fourth-order valence-electron chi connectivity index (χ4n) is 6.27. The lowest BCUT2D eigenvalue weighted by molar-refractivity contribution is -0.136. The molecule has 1 atom stereocenters. The highest BCUT2D eigenvalue weighted by atomic mass is 16.5. The second-order valence-corrected chi connectivity index (χ2v) is 10.1. The van der Waals surface area contributed by atoms with Crippen LogP contribution in [0.15, 0.2) is 114 Å². The van der Waals surface area contributed by atoms with Gasteiger partial charge < -0.3 is 14.6 Å². The predicted molar refractivity (Wildman–Crippen MR) is 153 cm³/mol. The molecule has 2 heterocycles. The van der Waals surface area contributed by atoms with E-state index in [1.54, 1.807) is 0 Å². The molecular weight excluding hydrogens is 484 g/mol. The van der Waals surface area contributed by atoms with Crippen molar-refractivity contribution in [1.82, 2.24) is 9.88 Å². The van der Waals surface area contributed by atoms with Crippen LogP contribution in [-0.2, 0) is 16.1 Å². The average molecular weight is 511 g/mol. The number of aromatic nitrogens is 1. The lowest BCUT2D eigenvalue weighted by Gasteiger charge is -2.28. The van der Waals surface area contributed by atoms with E-state index in [0.717, 1.165) is 27.7 Å². The Bertz CT molecular complexity index is 1900. The van der Waals surface area contributed by atoms with Crippen molar-refractivity contribution in [1.29, 1.82) is 0 Å². The Kier molecular flexibility index (Phi) is 5.27. The number of hydrogen-bond acceptors (Lipinski definition) is 4. The van der Waals surface area contributed by atoms with Crippen LogP contribution in [-0.4, -0.2) is 23.4 Å². The lowest BCUT2D eigenvalue weighted by Crippen LogP contribution is -2.29. The Hall–Kier alpha value is -4.90. The van der Waals surface area contributed by atoms with E-state index < -0.39 is 11.9 Å². The SMILES string of the molecule is COC(=O)C1=C(C)NC2=C(C(=O)c3ccccc32)[C@@H]1c1cn(Cc2cccc3ccccc23)c2ccccc12. The summed E-state index contributed by atoms with van der Waals surface area (Å²) in [4.78, 5) is 27.1. The standard InChI is InChI=1S/C34H26N2O3/c1-20-29(34(38)39-2)30(31-32(35-20)25-15-5-6-16-26(25)33(31)37)27-19-36(28-17-8-7-14-24(27)28)18-22-12-9-11-21-10-3-4-13-23(21)22/h3-17,19,30,35H,18H2,1-2H3/t30-/m1/s1. The van der Waals surface area contributed by atoms with E-state index in [1.807, 2.05) is 43.3 Å². The van der Waals surface area contributed by atoms with Crippen molar-refractivity contribution >= 4 is 39.1 Å². The molecule has 1 aliphatic carbocycles. The Morgan fingerprint density at radius 1 is 0.872 bits per heavy atom. The first-order valence-electron chi connectivity index (χ1n) is 13.1. The van der Waals surface area contributed by atoms with E-state index in [4.69, 9.17) is 4.74 Å². The molecule has 0 radical (unpaired) electrons. The van der Waals surface area contributed by atoms with Gasteiger partial charge in [0.2, 0.25) is 0 Å². The largest absolute Gasteiger partial charge is 0.466 e. The van der Waals surface area contributed by atoms with Crippen LogP contribution >= 0.6 is 0 Å². The maximum atomic E-state index is 13.9. The number of nitrogens with zero attached hydrogens (tertiary/aromatic N) is 1. The van der Waals surface area contributed by atoms with Gasteiger partial charge in [-0.05, 0) is 34.9 Å². The van der Waals surface area contributed by atoms with Gasteiger partial charge >= 0.3 is 5.97 Å². The third-order valence-electron chi connectivity index (χ3n) is 8.01. The van der Waals surface area contributed by atoms with E-state index in [0.29, 0.717) is 29.0 Å². The Balaban J connectivity index is 1.45. The number of carbonyl (C=O) groups is 2. The van der Waals surface area contributed by atoms with Crippen molar-refractivity contribution < 1.29 is 14.3 Å². The van der Waals surface area contributed by atoms with E-state index >= 15 is 0 Å². The second-order valence-electron chi connectivity index (χ2n) is 10.1. The van der Waals surface area contributed by atoms with Gasteiger partial charge in [-0.25, -0.2) is 4.79 Å². The van der Waals surface area contributed by atoms with Gasteiger partial charge in [-0.2, -0.15) is 0 Å². The fraction of sp³-hybridized carbons (Fsp3) is 0.118. The number of benzene rings is 4. The summed E-state index contributed by atoms with van der Waals surface area (Å²) >= 11 is 0. The van der Waals surface area contributed by atoms with Gasteiger partial charge in [0.1, 0.15) is 0 Å². The van der Waals surface area contributed by atoms with Gasteiger partial charge in [-0.3, -0.25) is 4.79 Å². The van der Waals surface area contributed by atoms with Gasteiger partial charge in [0.05, 0.1) is 24.3 Å². The van der Waals surface area contributed by atoms with Crippen molar-refractivity contribution in [2.45, 2.75) is 19.4 Å². The molecule has 0 amide bonds. The molecule has 7 rings (SSSR count). The van der Waals surface area contributed by atoms with Crippen molar-refractivity contribution in [3.63, 3.8) is 0 Å². The molecule has 190 valence electrons. The zero-order valence-corrected chi connectivity index (χ0v) is 21.7. The predicted octanol–water partition coefficient (Wildman–Crippen LogP) is 6.58. The lowest BCUT2D eigenvalue weighted by atomic mass is 9.79. The number of esters is 1. The monoisotopic (exact) mass is 510 g/mol. The number of Topliss-reactive ketones (excluding diaryl/α,β-unsaturated/α-hetero) is 1. The summed E-state index contributed by atoms with van der Waals surface area (Å²) in [5, 5.41) is 6.79. The number of carbonyl (C=O) groups excluding carboxylic acids is 2. The number of allylic oxidation sites excluding steroid dienone is 2. The minimum Gasteiger partial charge on any atom is -0.466 e. The molecule has 2 aliphatic rings. The average Bonchev–Trinajstić information content (AvgIpc) is 3.47. The zero-order valence-electron chi connectivity index (χ0n) is 21.7. The minimum atomic E-state index is -0.563. The van der Waals surface area contributed by atoms with Gasteiger partial charge in [-0.1, -0.05) is 84.9 Å². The van der Waals surface area contributed by atoms with Crippen LogP contribution in [0.3, 0.4) is 0 Å². The molecule has 4 aromatic carbocycles. The van der Waals surface area contributed by atoms with E-state index in [-0.39, 0.29) is 5.78 Å². The smallest absolute Gasteiger partial charge is 0.336 e. The fourth-order valence-corrected chi connectivity index (χ4v) is 6.27. The molecule has 5 nitrogen and oxygen atoms in total. The summed E-state index contributed by atoms with van der Waals surface area (Å²) in [5.41, 5.74) is 7.21. The molecule has 0 spiro atoms. The summed E-state index contributed by atoms with van der Waals surface area (Å²) in [6, 6.07) is 30.6. The molecule has 1 N–H and O–H groups in total. The molecule has 0 unspecified atom stereocenters. The number of nitrogens with one attached hydrogen (secondary N) is 1. The molecule has 5 aromatic rings. The van der Waals surface area contributed by atoms with Crippen LogP contribution in [0.1, 0.15) is 39.9 Å². The van der Waals surface area contributed by atoms with Crippen LogP contribution in [0.4, 0.5) is 0 Å². The maximum absolute atomic E-state index is 13.9. The highest BCUT2D eigenvalue weighted by Crippen LogP contribution is 2.48. The molecule has 1 aliphatic heterocycles. The summed E-state index contributed by atoms with van der Waals surface area (Å²) in [6.07, 6.45) is 2.11. The van der Waals surface area contributed by atoms with Gasteiger partial charge in [-0.15, -0.1) is 0 Å². The van der Waals surface area contributed by atoms with Crippen molar-refractivity contribution in [3.8, 4) is 0 Å². The first kappa shape index (κ1) is 23.2. The highest BCUT2D eigenvalue weighted by Gasteiger charge is 2.43. The number of ether oxygens (including phenoxy) is 1. The number of methoxy groups -OCH3 is 1. The zero-order chi connectivity index (χ0) is 26.7. The first-order valence-corrected chi connectivity index (χ1v) is 13.1. The number of dihydropyridines is 1. The summed E-state index contributed by atoms with van der Waals surface area (Å²) in [7, 11) is 1.39. The van der Waals surface area contributed by atoms with Crippen LogP contribution in [0, 0.1) is 0 Å². The van der Waals surface area contributed by atoms with Gasteiger partial charge in [0.15, 0.2) is 5.78 Å². The maximum Gasteiger partial charge on any atom is 0.336 e. The number of hydrogen-bond donors (Lipinski definition) is 1. The van der Waals surface area contributed by atoms with Crippen LogP contribution in [0.25, 0.3) is 27.4 Å². The van der Waals surface area contributed by atoms with Crippen LogP contribution in [0.2, 0.25) is 0 Å². The minimum absolute atomic E-state index is 0.0575. The Morgan fingerprint density at radius 3 is 2.38 bits per heavy atom. The van der Waals surface area contributed by atoms with E-state index in [9.17, 15) is 9.59 Å². The molecular formula is C34H26N2O3. The third kappa shape index (κ3) is 3.47. The normalized spacial score (nSPS) is 16.5. The van der Waals surface area contributed by atoms with Crippen LogP contribution < -0.4 is 5.32 Å². The number of para-hydroxylation sites is 1.